The second kappa shape index (κ2) is 17.8. The van der Waals surface area contributed by atoms with Crippen LogP contribution in [0.25, 0.3) is 10.9 Å². The van der Waals surface area contributed by atoms with Crippen LogP contribution in [-0.4, -0.2) is 60.8 Å². The summed E-state index contributed by atoms with van der Waals surface area (Å²) in [6, 6.07) is 14.3. The van der Waals surface area contributed by atoms with Gasteiger partial charge in [0.05, 0.1) is 11.0 Å². The maximum Gasteiger partial charge on any atom is 0.227 e. The molecule has 1 aromatic heterocycles. The van der Waals surface area contributed by atoms with Gasteiger partial charge in [-0.1, -0.05) is 98.7 Å². The van der Waals surface area contributed by atoms with E-state index >= 15 is 0 Å². The first-order valence-electron chi connectivity index (χ1n) is 19.1. The predicted molar refractivity (Wildman–Crippen MR) is 224 cm³/mol. The fraction of sp³-hybridized carbons (Fsp3) is 0.571. The molecule has 12 nitrogen and oxygen atoms in total. The average Bonchev–Trinajstić information content (AvgIpc) is 3.44. The van der Waals surface area contributed by atoms with Crippen LogP contribution >= 0.6 is 0 Å². The van der Waals surface area contributed by atoms with Gasteiger partial charge >= 0.3 is 0 Å². The Bertz CT molecular complexity index is 1740. The van der Waals surface area contributed by atoms with Gasteiger partial charge in [0.15, 0.2) is 11.9 Å². The number of hydrogen-bond acceptors (Lipinski definition) is 6. The molecular weight excluding hydrogens is 677 g/mol. The molecule has 1 amide bonds. The van der Waals surface area contributed by atoms with Gasteiger partial charge in [0.1, 0.15) is 6.29 Å². The number of benzene rings is 2. The van der Waals surface area contributed by atoms with Crippen molar-refractivity contribution < 1.29 is 9.59 Å². The number of guanidine groups is 2. The summed E-state index contributed by atoms with van der Waals surface area (Å²) < 4.78 is 0. The van der Waals surface area contributed by atoms with Gasteiger partial charge in [0.25, 0.3) is 0 Å². The van der Waals surface area contributed by atoms with Crippen molar-refractivity contribution in [3.63, 3.8) is 0 Å². The summed E-state index contributed by atoms with van der Waals surface area (Å²) in [5.74, 6) is -0.136. The topological polar surface area (TPSA) is 229 Å². The molecule has 1 heterocycles. The maximum atomic E-state index is 14.3. The lowest BCUT2D eigenvalue weighted by Crippen LogP contribution is -2.55. The second-order valence-corrected chi connectivity index (χ2v) is 18.1. The van der Waals surface area contributed by atoms with Crippen LogP contribution in [0.3, 0.4) is 0 Å². The number of aromatic amines is 1. The minimum atomic E-state index is -1.28. The fourth-order valence-corrected chi connectivity index (χ4v) is 7.08. The van der Waals surface area contributed by atoms with Crippen LogP contribution in [0.5, 0.6) is 0 Å². The van der Waals surface area contributed by atoms with Crippen LogP contribution in [0.4, 0.5) is 0 Å². The van der Waals surface area contributed by atoms with Crippen LogP contribution in [0.15, 0.2) is 52.4 Å². The van der Waals surface area contributed by atoms with E-state index < -0.39 is 11.0 Å². The van der Waals surface area contributed by atoms with Crippen molar-refractivity contribution in [2.24, 2.45) is 44.1 Å². The number of carbonyl (C=O) groups excluding carboxylic acids is 2. The monoisotopic (exact) mass is 745 g/mol. The molecule has 1 atom stereocenters. The summed E-state index contributed by atoms with van der Waals surface area (Å²) in [6.07, 6.45) is 3.20. The number of nitrogens with two attached hydrogens (primary N) is 5. The van der Waals surface area contributed by atoms with Gasteiger partial charge in [-0.3, -0.25) is 14.8 Å². The van der Waals surface area contributed by atoms with E-state index in [9.17, 15) is 9.59 Å². The van der Waals surface area contributed by atoms with E-state index in [0.29, 0.717) is 51.7 Å². The summed E-state index contributed by atoms with van der Waals surface area (Å²) in [7, 11) is 0. The molecule has 0 bridgehead atoms. The van der Waals surface area contributed by atoms with E-state index in [1.54, 1.807) is 0 Å². The van der Waals surface area contributed by atoms with Crippen LogP contribution in [0.1, 0.15) is 116 Å². The second-order valence-electron chi connectivity index (χ2n) is 18.1. The number of aromatic nitrogens is 1. The van der Waals surface area contributed by atoms with Crippen molar-refractivity contribution in [3.05, 3.63) is 70.4 Å². The Morgan fingerprint density at radius 1 is 0.796 bits per heavy atom. The van der Waals surface area contributed by atoms with Crippen LogP contribution in [0, 0.1) is 5.41 Å². The fourth-order valence-electron chi connectivity index (χ4n) is 7.08. The zero-order chi connectivity index (χ0) is 40.5. The molecule has 0 aliphatic heterocycles. The average molecular weight is 745 g/mol. The van der Waals surface area contributed by atoms with E-state index in [1.807, 2.05) is 30.3 Å². The van der Waals surface area contributed by atoms with Crippen LogP contribution in [0.2, 0.25) is 0 Å². The Morgan fingerprint density at radius 2 is 1.37 bits per heavy atom. The number of nitrogens with one attached hydrogen (secondary N) is 3. The van der Waals surface area contributed by atoms with Gasteiger partial charge in [-0.25, -0.2) is 0 Å². The summed E-state index contributed by atoms with van der Waals surface area (Å²) in [4.78, 5) is 39.5. The molecular formula is C42H68N10O2. The molecule has 0 spiro atoms. The number of nitrogens with zero attached hydrogens (tertiary/aromatic N) is 2. The molecule has 13 N–H and O–H groups in total. The number of amides is 1. The number of carbonyl (C=O) groups is 2. The molecule has 3 rings (SSSR count). The lowest BCUT2D eigenvalue weighted by molar-refractivity contribution is -0.132. The third kappa shape index (κ3) is 12.0. The van der Waals surface area contributed by atoms with Gasteiger partial charge in [-0.05, 0) is 64.8 Å². The van der Waals surface area contributed by atoms with Gasteiger partial charge < -0.3 is 49.1 Å². The maximum absolute atomic E-state index is 14.3. The van der Waals surface area contributed by atoms with Gasteiger partial charge in [0.2, 0.25) is 5.91 Å². The van der Waals surface area contributed by atoms with Gasteiger partial charge in [-0.15, -0.1) is 0 Å². The minimum Gasteiger partial charge on any atom is -0.370 e. The van der Waals surface area contributed by atoms with Crippen molar-refractivity contribution in [1.82, 2.24) is 15.6 Å². The third-order valence-corrected chi connectivity index (χ3v) is 10.1. The standard InChI is InChI=1S/C42H68N10O2/c1-38(2,3)29-21-31(39(4,5)6)33-30(34(40(7,8)9)52-32(33)22-29)23-42(47,27-53)26-48-25-41(17-13-19-49-36(43)44,18-14-20-50-37(45)46)35(54)51-24-28-15-11-10-12-16-28/h10-12,15-16,21-22,27,48,52H,13-14,17-20,23-26,47H2,1-9H3,(H,51,54)(H4,43,44,49)(H4,45,46,50). The molecule has 0 fully saturated rings. The Morgan fingerprint density at radius 3 is 1.85 bits per heavy atom. The highest BCUT2D eigenvalue weighted by molar-refractivity contribution is 5.91. The van der Waals surface area contributed by atoms with Crippen LogP contribution in [-0.2, 0) is 38.8 Å². The lowest BCUT2D eigenvalue weighted by Gasteiger charge is -2.35. The van der Waals surface area contributed by atoms with E-state index in [2.05, 4.69) is 100 Å². The SMILES string of the molecule is CC(C)(C)c1cc(C(C)(C)C)c2c(CC(N)(C=O)CNCC(CCCN=C(N)N)(CCCN=C(N)N)C(=O)NCc3ccccc3)c(C(C)(C)C)[nH]c2c1. The molecule has 0 aliphatic carbocycles. The highest BCUT2D eigenvalue weighted by Gasteiger charge is 2.39. The number of H-pyrrole nitrogens is 1. The molecule has 54 heavy (non-hydrogen) atoms. The van der Waals surface area contributed by atoms with Crippen molar-refractivity contribution >= 4 is 35.0 Å². The highest BCUT2D eigenvalue weighted by atomic mass is 16.2. The molecule has 2 aromatic carbocycles. The molecule has 0 radical (unpaired) electrons. The minimum absolute atomic E-state index is 0.00457. The van der Waals surface area contributed by atoms with Crippen molar-refractivity contribution in [2.75, 3.05) is 26.2 Å². The Balaban J connectivity index is 2.04. The van der Waals surface area contributed by atoms with E-state index in [0.717, 1.165) is 34.0 Å². The van der Waals surface area contributed by atoms with Gasteiger partial charge in [0, 0.05) is 61.2 Å². The van der Waals surface area contributed by atoms with Crippen molar-refractivity contribution in [2.45, 2.75) is 123 Å². The molecule has 298 valence electrons. The largest absolute Gasteiger partial charge is 0.370 e. The summed E-state index contributed by atoms with van der Waals surface area (Å²) in [5, 5.41) is 7.77. The zero-order valence-corrected chi connectivity index (χ0v) is 34.3. The smallest absolute Gasteiger partial charge is 0.227 e. The molecule has 0 saturated carbocycles. The Hall–Kier alpha value is -4.42. The molecule has 0 aliphatic rings. The number of aldehydes is 1. The molecule has 12 heteroatoms. The summed E-state index contributed by atoms with van der Waals surface area (Å²) in [5.41, 5.74) is 33.4. The number of hydrogen-bond donors (Lipinski definition) is 8. The van der Waals surface area contributed by atoms with Crippen LogP contribution < -0.4 is 39.3 Å². The highest BCUT2D eigenvalue weighted by Crippen LogP contribution is 2.41. The lowest BCUT2D eigenvalue weighted by atomic mass is 9.76. The molecule has 0 saturated heterocycles. The normalized spacial score (nSPS) is 13.7. The first-order chi connectivity index (χ1) is 25.0. The summed E-state index contributed by atoms with van der Waals surface area (Å²) >= 11 is 0. The Labute approximate surface area is 323 Å². The third-order valence-electron chi connectivity index (χ3n) is 10.1. The molecule has 1 unspecified atom stereocenters. The van der Waals surface area contributed by atoms with E-state index in [-0.39, 0.29) is 47.2 Å². The first kappa shape index (κ1) is 44.0. The first-order valence-corrected chi connectivity index (χ1v) is 19.1. The van der Waals surface area contributed by atoms with Crippen molar-refractivity contribution in [3.8, 4) is 0 Å². The van der Waals surface area contributed by atoms with Gasteiger partial charge in [-0.2, -0.15) is 0 Å². The number of fused-ring (bicyclic) bond motifs is 1. The zero-order valence-electron chi connectivity index (χ0n) is 34.3. The quantitative estimate of drug-likeness (QED) is 0.0399. The number of aliphatic imine (C=N–C) groups is 2. The summed E-state index contributed by atoms with van der Waals surface area (Å²) in [6.45, 7) is 21.4. The van der Waals surface area contributed by atoms with E-state index in [4.69, 9.17) is 28.7 Å². The molecule has 3 aromatic rings. The predicted octanol–water partition coefficient (Wildman–Crippen LogP) is 4.50. The Kier molecular flexibility index (Phi) is 14.5. The number of rotatable bonds is 18. The van der Waals surface area contributed by atoms with E-state index in [1.165, 1.54) is 11.1 Å². The van der Waals surface area contributed by atoms with Crippen molar-refractivity contribution in [1.29, 1.82) is 0 Å².